The summed E-state index contributed by atoms with van der Waals surface area (Å²) in [5.74, 6) is 4.74. The average Bonchev–Trinajstić information content (AvgIpc) is 1.69. The third-order valence-corrected chi connectivity index (χ3v) is 0.454. The van der Waals surface area contributed by atoms with Crippen LogP contribution in [0.3, 0.4) is 0 Å². The molecule has 0 amide bonds. The Hall–Kier alpha value is -0.770. The third kappa shape index (κ3) is 5.23. The Bertz CT molecular complexity index is 50.9. The van der Waals surface area contributed by atoms with Gasteiger partial charge in [0.25, 0.3) is 0 Å². The van der Waals surface area contributed by atoms with E-state index in [1.54, 1.807) is 0 Å². The van der Waals surface area contributed by atoms with Crippen molar-refractivity contribution < 1.29 is 0 Å². The molecule has 0 aliphatic carbocycles. The summed E-state index contributed by atoms with van der Waals surface area (Å²) >= 11 is 0. The van der Waals surface area contributed by atoms with E-state index < -0.39 is 0 Å². The summed E-state index contributed by atoms with van der Waals surface area (Å²) < 4.78 is 0. The number of hydrazone groups is 1. The Morgan fingerprint density at radius 2 is 2.43 bits per heavy atom. The number of nitrogens with one attached hydrogen (secondary N) is 1. The van der Waals surface area contributed by atoms with Gasteiger partial charge in [-0.1, -0.05) is 0 Å². The van der Waals surface area contributed by atoms with Crippen molar-refractivity contribution in [1.82, 2.24) is 5.32 Å². The molecule has 4 nitrogen and oxygen atoms in total. The van der Waals surface area contributed by atoms with Crippen molar-refractivity contribution in [3.8, 4) is 0 Å². The van der Waals surface area contributed by atoms with Gasteiger partial charge in [-0.25, -0.2) is 0 Å². The van der Waals surface area contributed by atoms with E-state index in [0.29, 0.717) is 6.54 Å². The maximum Gasteiger partial charge on any atom is 0.108 e. The van der Waals surface area contributed by atoms with Crippen molar-refractivity contribution in [1.29, 1.82) is 0 Å². The molecule has 0 atom stereocenters. The summed E-state index contributed by atoms with van der Waals surface area (Å²) in [4.78, 5) is 0. The van der Waals surface area contributed by atoms with E-state index in [1.807, 2.05) is 0 Å². The molecule has 7 heavy (non-hydrogen) atoms. The first-order valence-corrected chi connectivity index (χ1v) is 2.07. The molecular weight excluding hydrogens is 92.1 g/mol. The van der Waals surface area contributed by atoms with Crippen LogP contribution in [0.5, 0.6) is 0 Å². The first kappa shape index (κ1) is 6.23. The third-order valence-electron chi connectivity index (χ3n) is 0.454. The lowest BCUT2D eigenvalue weighted by Crippen LogP contribution is -2.21. The first-order chi connectivity index (χ1) is 3.41. The SMILES string of the molecule is NCCN/C=N\N. The van der Waals surface area contributed by atoms with Gasteiger partial charge in [0.05, 0.1) is 0 Å². The van der Waals surface area contributed by atoms with Crippen LogP contribution in [0.2, 0.25) is 0 Å². The Morgan fingerprint density at radius 3 is 2.86 bits per heavy atom. The summed E-state index contributed by atoms with van der Waals surface area (Å²) in [6.07, 6.45) is 1.41. The molecule has 0 aliphatic heterocycles. The minimum absolute atomic E-state index is 0.603. The van der Waals surface area contributed by atoms with Crippen molar-refractivity contribution in [3.05, 3.63) is 0 Å². The van der Waals surface area contributed by atoms with Gasteiger partial charge in [-0.05, 0) is 0 Å². The topological polar surface area (TPSA) is 76.4 Å². The van der Waals surface area contributed by atoms with Gasteiger partial charge in [-0.2, -0.15) is 5.10 Å². The molecule has 0 fully saturated rings. The van der Waals surface area contributed by atoms with E-state index in [1.165, 1.54) is 6.34 Å². The normalized spacial score (nSPS) is 9.86. The van der Waals surface area contributed by atoms with Gasteiger partial charge >= 0.3 is 0 Å². The van der Waals surface area contributed by atoms with Crippen molar-refractivity contribution in [3.63, 3.8) is 0 Å². The number of hydrogen-bond donors (Lipinski definition) is 3. The van der Waals surface area contributed by atoms with Gasteiger partial charge in [0.2, 0.25) is 0 Å². The molecule has 0 aromatic carbocycles. The molecule has 0 radical (unpaired) electrons. The highest BCUT2D eigenvalue weighted by molar-refractivity contribution is 5.53. The molecule has 5 N–H and O–H groups in total. The lowest BCUT2D eigenvalue weighted by molar-refractivity contribution is 0.884. The summed E-state index contributed by atoms with van der Waals surface area (Å²) in [5.41, 5.74) is 5.10. The highest BCUT2D eigenvalue weighted by atomic mass is 15.2. The quantitative estimate of drug-likeness (QED) is 0.132. The first-order valence-electron chi connectivity index (χ1n) is 2.07. The standard InChI is InChI=1S/C3H10N4/c4-1-2-6-3-7-5/h3H,1-2,4-5H2,(H,6,7). The van der Waals surface area contributed by atoms with E-state index in [9.17, 15) is 0 Å². The molecule has 0 heterocycles. The Balaban J connectivity index is 2.69. The van der Waals surface area contributed by atoms with Gasteiger partial charge < -0.3 is 16.9 Å². The predicted molar refractivity (Wildman–Crippen MR) is 29.7 cm³/mol. The van der Waals surface area contributed by atoms with E-state index in [4.69, 9.17) is 11.6 Å². The van der Waals surface area contributed by atoms with Crippen molar-refractivity contribution in [2.45, 2.75) is 0 Å². The highest BCUT2D eigenvalue weighted by Gasteiger charge is 1.69. The molecule has 0 rings (SSSR count). The second-order valence-electron chi connectivity index (χ2n) is 1.02. The molecule has 0 aliphatic rings. The number of nitrogens with two attached hydrogens (primary N) is 2. The van der Waals surface area contributed by atoms with E-state index in [-0.39, 0.29) is 0 Å². The summed E-state index contributed by atoms with van der Waals surface area (Å²) in [6.45, 7) is 1.33. The van der Waals surface area contributed by atoms with Crippen LogP contribution >= 0.6 is 0 Å². The number of hydrogen-bond acceptors (Lipinski definition) is 3. The van der Waals surface area contributed by atoms with E-state index in [0.717, 1.165) is 6.54 Å². The summed E-state index contributed by atoms with van der Waals surface area (Å²) in [7, 11) is 0. The van der Waals surface area contributed by atoms with Gasteiger partial charge in [-0.3, -0.25) is 0 Å². The molecule has 0 aromatic heterocycles. The molecule has 0 spiro atoms. The predicted octanol–water partition coefficient (Wildman–Crippen LogP) is -1.56. The second kappa shape index (κ2) is 5.23. The zero-order chi connectivity index (χ0) is 5.54. The van der Waals surface area contributed by atoms with Crippen LogP contribution < -0.4 is 16.9 Å². The fourth-order valence-corrected chi connectivity index (χ4v) is 0.201. The molecule has 42 valence electrons. The monoisotopic (exact) mass is 102 g/mol. The Labute approximate surface area is 42.6 Å². The van der Waals surface area contributed by atoms with Crippen LogP contribution in [0, 0.1) is 0 Å². The minimum atomic E-state index is 0.603. The molecule has 0 bridgehead atoms. The van der Waals surface area contributed by atoms with Crippen molar-refractivity contribution >= 4 is 6.34 Å². The fraction of sp³-hybridized carbons (Fsp3) is 0.667. The molecule has 0 saturated carbocycles. The maximum atomic E-state index is 5.10. The Morgan fingerprint density at radius 1 is 1.71 bits per heavy atom. The zero-order valence-corrected chi connectivity index (χ0v) is 4.09. The molecule has 0 unspecified atom stereocenters. The van der Waals surface area contributed by atoms with E-state index in [2.05, 4.69) is 10.4 Å². The van der Waals surface area contributed by atoms with E-state index >= 15 is 0 Å². The number of rotatable bonds is 3. The largest absolute Gasteiger partial charge is 0.373 e. The Kier molecular flexibility index (Phi) is 4.65. The molecule has 0 saturated heterocycles. The highest BCUT2D eigenvalue weighted by Crippen LogP contribution is 1.43. The van der Waals surface area contributed by atoms with Crippen LogP contribution in [0.15, 0.2) is 5.10 Å². The van der Waals surface area contributed by atoms with Gasteiger partial charge in [-0.15, -0.1) is 0 Å². The van der Waals surface area contributed by atoms with Crippen LogP contribution in [0.4, 0.5) is 0 Å². The fourth-order valence-electron chi connectivity index (χ4n) is 0.201. The van der Waals surface area contributed by atoms with Crippen LogP contribution in [-0.4, -0.2) is 19.4 Å². The zero-order valence-electron chi connectivity index (χ0n) is 4.09. The lowest BCUT2D eigenvalue weighted by atomic mass is 10.7. The number of nitrogens with zero attached hydrogens (tertiary/aromatic N) is 1. The van der Waals surface area contributed by atoms with Crippen LogP contribution in [0.25, 0.3) is 0 Å². The molecule has 4 heteroatoms. The van der Waals surface area contributed by atoms with Crippen LogP contribution in [0.1, 0.15) is 0 Å². The van der Waals surface area contributed by atoms with Gasteiger partial charge in [0.1, 0.15) is 6.34 Å². The second-order valence-corrected chi connectivity index (χ2v) is 1.02. The molecule has 0 aromatic rings. The lowest BCUT2D eigenvalue weighted by Gasteiger charge is -1.90. The average molecular weight is 102 g/mol. The molecular formula is C3H10N4. The minimum Gasteiger partial charge on any atom is -0.373 e. The van der Waals surface area contributed by atoms with Gasteiger partial charge in [0, 0.05) is 13.1 Å². The summed E-state index contributed by atoms with van der Waals surface area (Å²) in [5, 5.41) is 5.92. The van der Waals surface area contributed by atoms with Crippen LogP contribution in [-0.2, 0) is 0 Å². The maximum absolute atomic E-state index is 5.10. The van der Waals surface area contributed by atoms with Crippen molar-refractivity contribution in [2.75, 3.05) is 13.1 Å². The van der Waals surface area contributed by atoms with Crippen molar-refractivity contribution in [2.24, 2.45) is 16.7 Å². The summed E-state index contributed by atoms with van der Waals surface area (Å²) in [6, 6.07) is 0. The smallest absolute Gasteiger partial charge is 0.108 e. The van der Waals surface area contributed by atoms with Gasteiger partial charge in [0.15, 0.2) is 0 Å².